The van der Waals surface area contributed by atoms with Gasteiger partial charge in [0.15, 0.2) is 5.84 Å². The molecule has 0 radical (unpaired) electrons. The zero-order valence-electron chi connectivity index (χ0n) is 17.4. The van der Waals surface area contributed by atoms with Gasteiger partial charge >= 0.3 is 0 Å². The summed E-state index contributed by atoms with van der Waals surface area (Å²) in [4.78, 5) is 19.1. The monoisotopic (exact) mass is 491 g/mol. The van der Waals surface area contributed by atoms with Crippen LogP contribution in [0, 0.1) is 12.7 Å². The van der Waals surface area contributed by atoms with E-state index in [-0.39, 0.29) is 24.4 Å². The van der Waals surface area contributed by atoms with Crippen molar-refractivity contribution in [3.63, 3.8) is 0 Å². The number of ether oxygens (including phenoxy) is 2. The molecule has 1 saturated heterocycles. The number of rotatable bonds is 4. The van der Waals surface area contributed by atoms with Crippen LogP contribution in [-0.4, -0.2) is 34.8 Å². The number of anilines is 1. The molecular weight excluding hydrogens is 469 g/mol. The summed E-state index contributed by atoms with van der Waals surface area (Å²) in [5.41, 5.74) is 11.8. The van der Waals surface area contributed by atoms with Gasteiger partial charge in [0.05, 0.1) is 29.6 Å². The van der Waals surface area contributed by atoms with Gasteiger partial charge in [-0.2, -0.15) is 0 Å². The van der Waals surface area contributed by atoms with Crippen LogP contribution < -0.4 is 11.2 Å². The van der Waals surface area contributed by atoms with Gasteiger partial charge in [-0.15, -0.1) is 0 Å². The number of benzene rings is 1. The second-order valence-corrected chi connectivity index (χ2v) is 8.58. The molecule has 2 aromatic rings. The molecule has 3 heterocycles. The summed E-state index contributed by atoms with van der Waals surface area (Å²) < 4.78 is 25.4. The number of amidine groups is 1. The second kappa shape index (κ2) is 8.52. The molecule has 10 heteroatoms. The Labute approximate surface area is 187 Å². The first kappa shape index (κ1) is 21.7. The number of aromatic nitrogens is 2. The summed E-state index contributed by atoms with van der Waals surface area (Å²) in [5.74, 6) is 0.436. The van der Waals surface area contributed by atoms with Gasteiger partial charge < -0.3 is 15.2 Å². The second-order valence-electron chi connectivity index (χ2n) is 7.73. The maximum Gasteiger partial charge on any atom is 0.220 e. The Morgan fingerprint density at radius 1 is 1.39 bits per heavy atom. The predicted molar refractivity (Wildman–Crippen MR) is 117 cm³/mol. The molecule has 1 fully saturated rings. The summed E-state index contributed by atoms with van der Waals surface area (Å²) in [6, 6.07) is 4.23. The Morgan fingerprint density at radius 2 is 2.19 bits per heavy atom. The molecule has 8 nitrogen and oxygen atoms in total. The quantitative estimate of drug-likeness (QED) is 0.498. The molecule has 0 amide bonds. The summed E-state index contributed by atoms with van der Waals surface area (Å²) >= 11 is 3.43. The molecule has 3 N–H and O–H groups in total. The van der Waals surface area contributed by atoms with Crippen LogP contribution in [-0.2, 0) is 20.7 Å². The summed E-state index contributed by atoms with van der Waals surface area (Å²) in [6.07, 6.45) is 2.30. The van der Waals surface area contributed by atoms with Gasteiger partial charge in [0.25, 0.3) is 0 Å². The van der Waals surface area contributed by atoms with E-state index in [1.165, 1.54) is 12.1 Å². The zero-order valence-corrected chi connectivity index (χ0v) is 19.0. The lowest BCUT2D eigenvalue weighted by Gasteiger charge is -2.25. The minimum absolute atomic E-state index is 0.195. The molecule has 4 rings (SSSR count). The number of nitrogens with zero attached hydrogens (tertiary/aromatic N) is 3. The molecule has 0 saturated carbocycles. The number of halogens is 2. The van der Waals surface area contributed by atoms with Gasteiger partial charge in [-0.25, -0.2) is 19.8 Å². The molecule has 0 spiro atoms. The minimum atomic E-state index is -0.629. The molecule has 0 aliphatic carbocycles. The lowest BCUT2D eigenvalue weighted by molar-refractivity contribution is -0.116. The fourth-order valence-corrected chi connectivity index (χ4v) is 4.17. The fraction of sp³-hybridized carbons (Fsp3) is 0.381. The van der Waals surface area contributed by atoms with Crippen LogP contribution in [0.4, 0.5) is 10.3 Å². The number of hydrogen-bond acceptors (Lipinski definition) is 8. The lowest BCUT2D eigenvalue weighted by atomic mass is 9.95. The first-order valence-corrected chi connectivity index (χ1v) is 10.6. The van der Waals surface area contributed by atoms with Crippen molar-refractivity contribution in [2.24, 2.45) is 4.99 Å². The molecule has 1 atom stereocenters. The van der Waals surface area contributed by atoms with Crippen LogP contribution >= 0.6 is 15.9 Å². The number of nitrogen functional groups attached to an aromatic ring is 1. The molecule has 0 unspecified atom stereocenters. The number of nitrogens with one attached hydrogen (secondary N) is 1. The lowest BCUT2D eigenvalue weighted by Crippen LogP contribution is -2.32. The van der Waals surface area contributed by atoms with Crippen LogP contribution in [0.25, 0.3) is 0 Å². The molecule has 31 heavy (non-hydrogen) atoms. The van der Waals surface area contributed by atoms with Crippen LogP contribution in [0.15, 0.2) is 39.5 Å². The van der Waals surface area contributed by atoms with Crippen molar-refractivity contribution in [2.75, 3.05) is 18.9 Å². The van der Waals surface area contributed by atoms with Crippen molar-refractivity contribution in [3.05, 3.63) is 62.8 Å². The highest BCUT2D eigenvalue weighted by Gasteiger charge is 2.29. The van der Waals surface area contributed by atoms with Gasteiger partial charge in [0.1, 0.15) is 18.2 Å². The van der Waals surface area contributed by atoms with Crippen molar-refractivity contribution in [3.8, 4) is 0 Å². The first-order valence-electron chi connectivity index (χ1n) is 9.78. The first-order chi connectivity index (χ1) is 14.7. The number of aliphatic imine (C=N–C) groups is 1. The third-order valence-corrected chi connectivity index (χ3v) is 5.60. The maximum atomic E-state index is 13.6. The van der Waals surface area contributed by atoms with Crippen molar-refractivity contribution in [2.45, 2.75) is 39.0 Å². The third kappa shape index (κ3) is 4.86. The van der Waals surface area contributed by atoms with Crippen molar-refractivity contribution >= 4 is 27.7 Å². The topological polar surface area (TPSA) is 104 Å². The summed E-state index contributed by atoms with van der Waals surface area (Å²) in [7, 11) is 0. The van der Waals surface area contributed by atoms with E-state index in [2.05, 4.69) is 31.4 Å². The van der Waals surface area contributed by atoms with E-state index in [0.717, 1.165) is 16.8 Å². The highest BCUT2D eigenvalue weighted by atomic mass is 79.9. The molecule has 1 aromatic heterocycles. The standard InChI is InChI=1S/C21H23BrFN5O3/c1-11-18-17(27-20(24)25-11)9-16(14-5-4-12(23)8-15(14)22)26-19(18)28-30-7-6-13-10-29-21(2,3)31-13/h4-6,8,16H,7,9-10H2,1-3H3,(H,26,28)(H2,24,25,27)/b13-6-/t16-/m1/s1. The van der Waals surface area contributed by atoms with Crippen LogP contribution in [0.2, 0.25) is 0 Å². The van der Waals surface area contributed by atoms with E-state index in [0.29, 0.717) is 34.8 Å². The van der Waals surface area contributed by atoms with E-state index in [4.69, 9.17) is 25.0 Å². The zero-order chi connectivity index (χ0) is 22.2. The normalized spacial score (nSPS) is 20.9. The van der Waals surface area contributed by atoms with Gasteiger partial charge in [0, 0.05) is 24.7 Å². The van der Waals surface area contributed by atoms with E-state index in [1.807, 2.05) is 20.8 Å². The van der Waals surface area contributed by atoms with Gasteiger partial charge in [0.2, 0.25) is 11.7 Å². The number of fused-ring (bicyclic) bond motifs is 1. The Hall–Kier alpha value is -2.56. The maximum absolute atomic E-state index is 13.6. The summed E-state index contributed by atoms with van der Waals surface area (Å²) in [6.45, 7) is 6.18. The average molecular weight is 492 g/mol. The Bertz CT molecular complexity index is 1070. The minimum Gasteiger partial charge on any atom is -0.465 e. The fourth-order valence-electron chi connectivity index (χ4n) is 3.55. The molecule has 164 valence electrons. The molecular formula is C21H23BrFN5O3. The number of nitrogens with two attached hydrogens (primary N) is 1. The number of aryl methyl sites for hydroxylation is 1. The summed E-state index contributed by atoms with van der Waals surface area (Å²) in [5, 5.41) is 0. The SMILES string of the molecule is Cc1nc(N)nc2c1C(NOC/C=C1/COC(C)(C)O1)=N[C@@H](c1ccc(F)cc1Br)C2. The molecule has 2 aliphatic heterocycles. The van der Waals surface area contributed by atoms with E-state index in [9.17, 15) is 4.39 Å². The number of hydroxylamine groups is 1. The van der Waals surface area contributed by atoms with E-state index in [1.54, 1.807) is 12.1 Å². The van der Waals surface area contributed by atoms with Crippen molar-refractivity contribution in [1.29, 1.82) is 0 Å². The largest absolute Gasteiger partial charge is 0.465 e. The molecule has 0 bridgehead atoms. The van der Waals surface area contributed by atoms with Crippen LogP contribution in [0.1, 0.15) is 42.4 Å². The smallest absolute Gasteiger partial charge is 0.220 e. The Balaban J connectivity index is 1.57. The predicted octanol–water partition coefficient (Wildman–Crippen LogP) is 3.50. The van der Waals surface area contributed by atoms with Gasteiger partial charge in [-0.3, -0.25) is 9.83 Å². The highest BCUT2D eigenvalue weighted by Crippen LogP contribution is 2.34. The van der Waals surface area contributed by atoms with E-state index < -0.39 is 5.79 Å². The average Bonchev–Trinajstić information content (AvgIpc) is 3.03. The third-order valence-electron chi connectivity index (χ3n) is 4.91. The molecule has 1 aromatic carbocycles. The highest BCUT2D eigenvalue weighted by molar-refractivity contribution is 9.10. The number of hydrogen-bond donors (Lipinski definition) is 2. The van der Waals surface area contributed by atoms with E-state index >= 15 is 0 Å². The van der Waals surface area contributed by atoms with Crippen molar-refractivity contribution in [1.82, 2.24) is 15.4 Å². The van der Waals surface area contributed by atoms with Gasteiger partial charge in [-0.1, -0.05) is 22.0 Å². The molecule has 2 aliphatic rings. The van der Waals surface area contributed by atoms with Crippen molar-refractivity contribution < 1.29 is 18.7 Å². The van der Waals surface area contributed by atoms with Crippen LogP contribution in [0.3, 0.4) is 0 Å². The van der Waals surface area contributed by atoms with Gasteiger partial charge in [-0.05, 0) is 30.7 Å². The Kier molecular flexibility index (Phi) is 5.96. The Morgan fingerprint density at radius 3 is 2.90 bits per heavy atom. The van der Waals surface area contributed by atoms with Crippen LogP contribution in [0.5, 0.6) is 0 Å².